The first-order valence-corrected chi connectivity index (χ1v) is 15.5. The van der Waals surface area contributed by atoms with E-state index in [9.17, 15) is 0 Å². The Morgan fingerprint density at radius 2 is 1.38 bits per heavy atom. The molecule has 0 N–H and O–H groups in total. The van der Waals surface area contributed by atoms with Crippen LogP contribution in [0.5, 0.6) is 0 Å². The number of rotatable bonds is 3. The van der Waals surface area contributed by atoms with Crippen molar-refractivity contribution in [1.82, 2.24) is 9.78 Å². The van der Waals surface area contributed by atoms with Gasteiger partial charge in [-0.15, -0.1) is 5.54 Å². The van der Waals surface area contributed by atoms with Gasteiger partial charge < -0.3 is 0 Å². The summed E-state index contributed by atoms with van der Waals surface area (Å²) in [5, 5.41) is 5.70. The van der Waals surface area contributed by atoms with Crippen LogP contribution >= 0.6 is 11.6 Å². The van der Waals surface area contributed by atoms with E-state index in [1.54, 1.807) is 0 Å². The van der Waals surface area contributed by atoms with Crippen LogP contribution in [0.1, 0.15) is 31.9 Å². The van der Waals surface area contributed by atoms with Gasteiger partial charge in [0.2, 0.25) is 0 Å². The molecule has 3 aromatic carbocycles. The molecule has 0 saturated carbocycles. The Bertz CT molecular complexity index is 1340. The summed E-state index contributed by atoms with van der Waals surface area (Å²) in [5.41, 5.74) is 11.0. The monoisotopic (exact) mass is 482 g/mol. The highest BCUT2D eigenvalue weighted by Gasteiger charge is 2.16. The molecule has 0 radical (unpaired) electrons. The van der Waals surface area contributed by atoms with Crippen molar-refractivity contribution < 1.29 is 0 Å². The zero-order valence-electron chi connectivity index (χ0n) is 20.8. The maximum Gasteiger partial charge on any atom is 0.129 e. The molecule has 172 valence electrons. The van der Waals surface area contributed by atoms with Gasteiger partial charge in [-0.2, -0.15) is 5.10 Å². The lowest BCUT2D eigenvalue weighted by Gasteiger charge is -2.19. The minimum absolute atomic E-state index is 0.111. The molecule has 0 atom stereocenters. The van der Waals surface area contributed by atoms with Gasteiger partial charge in [-0.25, -0.2) is 4.68 Å². The molecule has 1 heterocycles. The second-order valence-electron chi connectivity index (χ2n) is 10.7. The summed E-state index contributed by atoms with van der Waals surface area (Å²) in [6, 6.07) is 27.1. The van der Waals surface area contributed by atoms with E-state index >= 15 is 0 Å². The molecule has 0 amide bonds. The molecule has 4 aromatic rings. The fraction of sp³-hybridized carbons (Fsp3) is 0.233. The molecule has 0 aliphatic carbocycles. The van der Waals surface area contributed by atoms with Crippen molar-refractivity contribution in [3.05, 3.63) is 95.0 Å². The minimum atomic E-state index is -1.40. The first-order chi connectivity index (χ1) is 16.0. The maximum atomic E-state index is 6.15. The average molecular weight is 483 g/mol. The summed E-state index contributed by atoms with van der Waals surface area (Å²) in [5.74, 6) is 3.33. The Kier molecular flexibility index (Phi) is 6.58. The fourth-order valence-electron chi connectivity index (χ4n) is 3.63. The Labute approximate surface area is 209 Å². The molecule has 4 heteroatoms. The lowest BCUT2D eigenvalue weighted by atomic mass is 9.86. The molecule has 0 unspecified atom stereocenters. The summed E-state index contributed by atoms with van der Waals surface area (Å²) in [6.07, 6.45) is 0. The minimum Gasteiger partial charge on any atom is -0.232 e. The summed E-state index contributed by atoms with van der Waals surface area (Å²) >= 11 is 6.15. The van der Waals surface area contributed by atoms with Crippen LogP contribution in [0.15, 0.2) is 78.9 Å². The van der Waals surface area contributed by atoms with E-state index in [-0.39, 0.29) is 5.41 Å². The quantitative estimate of drug-likeness (QED) is 0.212. The highest BCUT2D eigenvalue weighted by molar-refractivity contribution is 6.83. The summed E-state index contributed by atoms with van der Waals surface area (Å²) in [6.45, 7) is 13.5. The molecular formula is C30H31ClN2Si. The van der Waals surface area contributed by atoms with Crippen LogP contribution in [-0.2, 0) is 5.41 Å². The van der Waals surface area contributed by atoms with Crippen LogP contribution in [0, 0.1) is 11.5 Å². The maximum absolute atomic E-state index is 6.15. The third kappa shape index (κ3) is 5.70. The van der Waals surface area contributed by atoms with E-state index in [1.807, 2.05) is 28.9 Å². The standard InChI is InChI=1S/C30H31ClN2Si/c1-30(2,3)25-13-11-24(12-14-25)29-21-28(32-33(29)27-17-15-26(31)16-18-27)23-9-7-22(8-10-23)19-20-34(4,5)6/h7-18,21H,1-6H3. The van der Waals surface area contributed by atoms with Crippen molar-refractivity contribution in [2.45, 2.75) is 45.8 Å². The zero-order valence-corrected chi connectivity index (χ0v) is 22.5. The Balaban J connectivity index is 1.76. The Morgan fingerprint density at radius 1 is 0.794 bits per heavy atom. The average Bonchev–Trinajstić information content (AvgIpc) is 3.23. The van der Waals surface area contributed by atoms with Crippen LogP contribution in [0.25, 0.3) is 28.2 Å². The first kappa shape index (κ1) is 24.1. The highest BCUT2D eigenvalue weighted by atomic mass is 35.5. The number of hydrogen-bond acceptors (Lipinski definition) is 1. The van der Waals surface area contributed by atoms with Gasteiger partial charge in [-0.05, 0) is 53.4 Å². The number of nitrogens with zero attached hydrogens (tertiary/aromatic N) is 2. The fourth-order valence-corrected chi connectivity index (χ4v) is 4.28. The van der Waals surface area contributed by atoms with Gasteiger partial charge in [0.25, 0.3) is 0 Å². The van der Waals surface area contributed by atoms with E-state index < -0.39 is 8.07 Å². The third-order valence-electron chi connectivity index (χ3n) is 5.59. The molecular weight excluding hydrogens is 452 g/mol. The summed E-state index contributed by atoms with van der Waals surface area (Å²) in [4.78, 5) is 0. The molecule has 0 fully saturated rings. The summed E-state index contributed by atoms with van der Waals surface area (Å²) < 4.78 is 2.00. The Hall–Kier alpha value is -3.06. The largest absolute Gasteiger partial charge is 0.232 e. The SMILES string of the molecule is CC(C)(C)c1ccc(-c2cc(-c3ccc(C#C[Si](C)(C)C)cc3)nn2-c2ccc(Cl)cc2)cc1. The van der Waals surface area contributed by atoms with Gasteiger partial charge in [0.1, 0.15) is 8.07 Å². The molecule has 0 spiro atoms. The molecule has 4 rings (SSSR count). The number of halogens is 1. The van der Waals surface area contributed by atoms with Crippen molar-refractivity contribution in [2.75, 3.05) is 0 Å². The second-order valence-corrected chi connectivity index (χ2v) is 15.9. The third-order valence-corrected chi connectivity index (χ3v) is 6.72. The Morgan fingerprint density at radius 3 is 1.94 bits per heavy atom. The molecule has 34 heavy (non-hydrogen) atoms. The normalized spacial score (nSPS) is 11.7. The highest BCUT2D eigenvalue weighted by Crippen LogP contribution is 2.31. The number of aromatic nitrogens is 2. The molecule has 0 aliphatic heterocycles. The van der Waals surface area contributed by atoms with Crippen molar-refractivity contribution >= 4 is 19.7 Å². The lowest BCUT2D eigenvalue weighted by molar-refractivity contribution is 0.590. The van der Waals surface area contributed by atoms with E-state index in [0.29, 0.717) is 5.02 Å². The predicted octanol–water partition coefficient (Wildman–Crippen LogP) is 8.39. The van der Waals surface area contributed by atoms with Gasteiger partial charge in [0.05, 0.1) is 17.1 Å². The smallest absolute Gasteiger partial charge is 0.129 e. The van der Waals surface area contributed by atoms with E-state index in [4.69, 9.17) is 16.7 Å². The van der Waals surface area contributed by atoms with Crippen LogP contribution in [0.2, 0.25) is 24.7 Å². The van der Waals surface area contributed by atoms with Gasteiger partial charge >= 0.3 is 0 Å². The van der Waals surface area contributed by atoms with Crippen molar-refractivity contribution in [1.29, 1.82) is 0 Å². The van der Waals surface area contributed by atoms with Gasteiger partial charge in [0, 0.05) is 21.7 Å². The lowest BCUT2D eigenvalue weighted by Crippen LogP contribution is -2.16. The summed E-state index contributed by atoms with van der Waals surface area (Å²) in [7, 11) is -1.40. The second kappa shape index (κ2) is 9.29. The molecule has 2 nitrogen and oxygen atoms in total. The van der Waals surface area contributed by atoms with Crippen LogP contribution in [0.3, 0.4) is 0 Å². The molecule has 0 bridgehead atoms. The number of benzene rings is 3. The molecule has 0 saturated heterocycles. The molecule has 0 aliphatic rings. The molecule has 1 aromatic heterocycles. The van der Waals surface area contributed by atoms with Crippen LogP contribution in [0.4, 0.5) is 0 Å². The van der Waals surface area contributed by atoms with Crippen molar-refractivity contribution in [2.24, 2.45) is 0 Å². The van der Waals surface area contributed by atoms with Crippen molar-refractivity contribution in [3.63, 3.8) is 0 Å². The predicted molar refractivity (Wildman–Crippen MR) is 148 cm³/mol. The van der Waals surface area contributed by atoms with Crippen LogP contribution < -0.4 is 0 Å². The zero-order chi connectivity index (χ0) is 24.5. The van der Waals surface area contributed by atoms with E-state index in [0.717, 1.165) is 33.8 Å². The van der Waals surface area contributed by atoms with Gasteiger partial charge in [-0.3, -0.25) is 0 Å². The van der Waals surface area contributed by atoms with E-state index in [1.165, 1.54) is 5.56 Å². The van der Waals surface area contributed by atoms with Crippen LogP contribution in [-0.4, -0.2) is 17.9 Å². The topological polar surface area (TPSA) is 17.8 Å². The van der Waals surface area contributed by atoms with Gasteiger partial charge in [0.15, 0.2) is 0 Å². The van der Waals surface area contributed by atoms with Crippen molar-refractivity contribution in [3.8, 4) is 39.7 Å². The number of hydrogen-bond donors (Lipinski definition) is 0. The first-order valence-electron chi connectivity index (χ1n) is 11.6. The van der Waals surface area contributed by atoms with Gasteiger partial charge in [-0.1, -0.05) is 94.3 Å². The van der Waals surface area contributed by atoms with E-state index in [2.05, 4.69) is 106 Å².